The van der Waals surface area contributed by atoms with Crippen molar-refractivity contribution in [1.82, 2.24) is 0 Å². The van der Waals surface area contributed by atoms with Crippen LogP contribution in [0.5, 0.6) is 0 Å². The predicted octanol–water partition coefficient (Wildman–Crippen LogP) is 3.93. The Kier molecular flexibility index (Phi) is 9.45. The Bertz CT molecular complexity index is 264. The van der Waals surface area contributed by atoms with Crippen molar-refractivity contribution in [2.75, 3.05) is 18.1 Å². The second-order valence-corrected chi connectivity index (χ2v) is 5.34. The molecule has 0 heterocycles. The van der Waals surface area contributed by atoms with Crippen LogP contribution in [0.2, 0.25) is 0 Å². The lowest BCUT2D eigenvalue weighted by molar-refractivity contribution is 1.07. The van der Waals surface area contributed by atoms with Crippen molar-refractivity contribution in [2.24, 2.45) is 5.73 Å². The fourth-order valence-corrected chi connectivity index (χ4v) is 2.09. The summed E-state index contributed by atoms with van der Waals surface area (Å²) < 4.78 is 0. The van der Waals surface area contributed by atoms with Gasteiger partial charge < -0.3 is 5.73 Å². The first-order valence-corrected chi connectivity index (χ1v) is 7.05. The van der Waals surface area contributed by atoms with Crippen LogP contribution in [-0.4, -0.2) is 18.1 Å². The zero-order valence-corrected chi connectivity index (χ0v) is 11.7. The lowest BCUT2D eigenvalue weighted by atomic mass is 10.0. The molecule has 0 aromatic rings. The summed E-state index contributed by atoms with van der Waals surface area (Å²) in [5, 5.41) is 0. The molecule has 0 bridgehead atoms. The van der Waals surface area contributed by atoms with E-state index < -0.39 is 0 Å². The summed E-state index contributed by atoms with van der Waals surface area (Å²) in [5.41, 5.74) is 9.38. The summed E-state index contributed by atoms with van der Waals surface area (Å²) in [5.74, 6) is 2.43. The van der Waals surface area contributed by atoms with Gasteiger partial charge in [0, 0.05) is 6.54 Å². The Balaban J connectivity index is 4.11. The van der Waals surface area contributed by atoms with Crippen LogP contribution in [0.3, 0.4) is 0 Å². The maximum Gasteiger partial charge on any atom is 0.0112 e. The third-order valence-corrected chi connectivity index (χ3v) is 3.33. The van der Waals surface area contributed by atoms with Gasteiger partial charge in [0.05, 0.1) is 0 Å². The van der Waals surface area contributed by atoms with Crippen molar-refractivity contribution in [3.8, 4) is 0 Å². The molecule has 92 valence electrons. The van der Waals surface area contributed by atoms with Crippen LogP contribution < -0.4 is 5.73 Å². The highest BCUT2D eigenvalue weighted by Crippen LogP contribution is 2.15. The van der Waals surface area contributed by atoms with Crippen LogP contribution in [0.15, 0.2) is 35.5 Å². The predicted molar refractivity (Wildman–Crippen MR) is 77.9 cm³/mol. The molecule has 0 aromatic heterocycles. The first-order chi connectivity index (χ1) is 7.61. The van der Waals surface area contributed by atoms with Crippen LogP contribution in [0.25, 0.3) is 0 Å². The van der Waals surface area contributed by atoms with Gasteiger partial charge in [0.15, 0.2) is 0 Å². The van der Waals surface area contributed by atoms with E-state index in [0.717, 1.165) is 12.0 Å². The van der Waals surface area contributed by atoms with Gasteiger partial charge in [-0.3, -0.25) is 0 Å². The molecule has 0 aliphatic heterocycles. The minimum atomic E-state index is 0.598. The zero-order chi connectivity index (χ0) is 12.4. The fourth-order valence-electron chi connectivity index (χ4n) is 1.34. The highest BCUT2D eigenvalue weighted by atomic mass is 32.2. The molecule has 0 spiro atoms. The summed E-state index contributed by atoms with van der Waals surface area (Å²) in [6.45, 7) is 11.0. The van der Waals surface area contributed by atoms with E-state index in [1.165, 1.54) is 29.1 Å². The highest BCUT2D eigenvalue weighted by Gasteiger charge is 1.96. The summed E-state index contributed by atoms with van der Waals surface area (Å²) in [4.78, 5) is 0. The largest absolute Gasteiger partial charge is 0.327 e. The second kappa shape index (κ2) is 9.73. The van der Waals surface area contributed by atoms with Gasteiger partial charge in [0.1, 0.15) is 0 Å². The van der Waals surface area contributed by atoms with E-state index in [9.17, 15) is 0 Å². The van der Waals surface area contributed by atoms with E-state index in [4.69, 9.17) is 5.73 Å². The molecule has 0 amide bonds. The molecule has 0 fully saturated rings. The fraction of sp³-hybridized carbons (Fsp3) is 0.571. The Hall–Kier alpha value is -0.470. The number of nitrogens with two attached hydrogens (primary N) is 1. The molecule has 0 aliphatic carbocycles. The average molecular weight is 239 g/mol. The van der Waals surface area contributed by atoms with Gasteiger partial charge >= 0.3 is 0 Å². The van der Waals surface area contributed by atoms with Crippen molar-refractivity contribution in [3.05, 3.63) is 35.5 Å². The second-order valence-electron chi connectivity index (χ2n) is 3.95. The topological polar surface area (TPSA) is 26.0 Å². The molecule has 1 nitrogen and oxygen atoms in total. The van der Waals surface area contributed by atoms with Crippen LogP contribution >= 0.6 is 11.8 Å². The first-order valence-electron chi connectivity index (χ1n) is 5.90. The first kappa shape index (κ1) is 15.5. The van der Waals surface area contributed by atoms with Crippen LogP contribution in [0.4, 0.5) is 0 Å². The highest BCUT2D eigenvalue weighted by molar-refractivity contribution is 7.99. The van der Waals surface area contributed by atoms with Gasteiger partial charge in [0.2, 0.25) is 0 Å². The lowest BCUT2D eigenvalue weighted by Crippen LogP contribution is -1.96. The van der Waals surface area contributed by atoms with Gasteiger partial charge in [0.25, 0.3) is 0 Å². The SMILES string of the molecule is C=C(C)/C(=C/CN)C/C=C(/C)CCSCC. The van der Waals surface area contributed by atoms with Crippen molar-refractivity contribution < 1.29 is 0 Å². The summed E-state index contributed by atoms with van der Waals surface area (Å²) in [7, 11) is 0. The average Bonchev–Trinajstić information content (AvgIpc) is 2.24. The number of rotatable bonds is 8. The van der Waals surface area contributed by atoms with E-state index in [-0.39, 0.29) is 0 Å². The maximum absolute atomic E-state index is 5.53. The zero-order valence-electron chi connectivity index (χ0n) is 10.9. The summed E-state index contributed by atoms with van der Waals surface area (Å²) >= 11 is 1.99. The molecule has 0 aromatic carbocycles. The quantitative estimate of drug-likeness (QED) is 0.394. The molecule has 2 heteroatoms. The lowest BCUT2D eigenvalue weighted by Gasteiger charge is -2.05. The molecule has 0 unspecified atom stereocenters. The molecule has 2 N–H and O–H groups in total. The maximum atomic E-state index is 5.53. The Morgan fingerprint density at radius 1 is 1.31 bits per heavy atom. The van der Waals surface area contributed by atoms with Crippen molar-refractivity contribution in [1.29, 1.82) is 0 Å². The molecular formula is C14H25NS. The van der Waals surface area contributed by atoms with Gasteiger partial charge in [-0.25, -0.2) is 0 Å². The Morgan fingerprint density at radius 3 is 2.50 bits per heavy atom. The minimum Gasteiger partial charge on any atom is -0.327 e. The normalized spacial score (nSPS) is 13.0. The smallest absolute Gasteiger partial charge is 0.0112 e. The molecule has 0 atom stereocenters. The number of thioether (sulfide) groups is 1. The van der Waals surface area contributed by atoms with Gasteiger partial charge in [-0.15, -0.1) is 0 Å². The monoisotopic (exact) mass is 239 g/mol. The van der Waals surface area contributed by atoms with E-state index in [1.54, 1.807) is 0 Å². The molecule has 0 rings (SSSR count). The molecule has 0 saturated carbocycles. The number of hydrogen-bond acceptors (Lipinski definition) is 2. The summed E-state index contributed by atoms with van der Waals surface area (Å²) in [6.07, 6.45) is 6.51. The molecule has 0 radical (unpaired) electrons. The Labute approximate surface area is 105 Å². The van der Waals surface area contributed by atoms with Crippen LogP contribution in [0.1, 0.15) is 33.6 Å². The number of allylic oxidation sites excluding steroid dienone is 4. The van der Waals surface area contributed by atoms with E-state index >= 15 is 0 Å². The van der Waals surface area contributed by atoms with Crippen molar-refractivity contribution in [3.63, 3.8) is 0 Å². The van der Waals surface area contributed by atoms with Gasteiger partial charge in [-0.05, 0) is 43.8 Å². The van der Waals surface area contributed by atoms with E-state index in [1.807, 2.05) is 18.7 Å². The Morgan fingerprint density at radius 2 is 2.00 bits per heavy atom. The molecule has 16 heavy (non-hydrogen) atoms. The van der Waals surface area contributed by atoms with Crippen molar-refractivity contribution >= 4 is 11.8 Å². The minimum absolute atomic E-state index is 0.598. The van der Waals surface area contributed by atoms with Gasteiger partial charge in [-0.2, -0.15) is 11.8 Å². The number of hydrogen-bond donors (Lipinski definition) is 1. The van der Waals surface area contributed by atoms with E-state index in [0.29, 0.717) is 6.54 Å². The molecule has 0 saturated heterocycles. The standard InChI is InChI=1S/C14H25NS/c1-5-16-11-9-13(4)6-7-14(8-10-15)12(2)3/h6,8H,2,5,7,9-11,15H2,1,3-4H3/b13-6-,14-8+. The van der Waals surface area contributed by atoms with E-state index in [2.05, 4.69) is 32.6 Å². The summed E-state index contributed by atoms with van der Waals surface area (Å²) in [6, 6.07) is 0. The van der Waals surface area contributed by atoms with Gasteiger partial charge in [-0.1, -0.05) is 36.8 Å². The molecular weight excluding hydrogens is 214 g/mol. The van der Waals surface area contributed by atoms with Crippen LogP contribution in [-0.2, 0) is 0 Å². The third-order valence-electron chi connectivity index (χ3n) is 2.43. The molecule has 0 aliphatic rings. The van der Waals surface area contributed by atoms with Crippen molar-refractivity contribution in [2.45, 2.75) is 33.6 Å². The third kappa shape index (κ3) is 7.77. The van der Waals surface area contributed by atoms with Crippen LogP contribution in [0, 0.1) is 0 Å².